The van der Waals surface area contributed by atoms with Gasteiger partial charge in [0.05, 0.1) is 0 Å². The molecule has 166 valence electrons. The first-order valence-corrected chi connectivity index (χ1v) is 10.6. The average Bonchev–Trinajstić information content (AvgIpc) is 3.10. The summed E-state index contributed by atoms with van der Waals surface area (Å²) in [5, 5.41) is 3.27. The summed E-state index contributed by atoms with van der Waals surface area (Å²) in [5.41, 5.74) is 10.9. The van der Waals surface area contributed by atoms with Crippen molar-refractivity contribution >= 4 is 29.0 Å². The standard InChI is InChI=1S/C24H26ClN5O2/c1-4-7-17(20(25)5-2)22-18(10-26)15(3)29-23-19(22)13-30(24(23)32)14-21(31)28-12-16-8-6-9-27-11-16/h4-9,11H,2,10,12-14,26H2,1,3H3,(H,28,31)/b7-4-,20-17-. The van der Waals surface area contributed by atoms with Gasteiger partial charge in [-0.25, -0.2) is 4.98 Å². The second-order valence-corrected chi connectivity index (χ2v) is 7.75. The van der Waals surface area contributed by atoms with E-state index in [1.165, 1.54) is 4.90 Å². The van der Waals surface area contributed by atoms with Gasteiger partial charge in [-0.3, -0.25) is 14.6 Å². The maximum Gasteiger partial charge on any atom is 0.273 e. The van der Waals surface area contributed by atoms with Crippen LogP contribution >= 0.6 is 11.6 Å². The zero-order valence-corrected chi connectivity index (χ0v) is 18.9. The van der Waals surface area contributed by atoms with Gasteiger partial charge >= 0.3 is 0 Å². The van der Waals surface area contributed by atoms with Crippen molar-refractivity contribution in [1.29, 1.82) is 0 Å². The smallest absolute Gasteiger partial charge is 0.273 e. The van der Waals surface area contributed by atoms with E-state index in [2.05, 4.69) is 21.9 Å². The molecule has 7 nitrogen and oxygen atoms in total. The predicted molar refractivity (Wildman–Crippen MR) is 125 cm³/mol. The molecule has 0 aromatic carbocycles. The number of hydrogen-bond donors (Lipinski definition) is 2. The van der Waals surface area contributed by atoms with Gasteiger partial charge in [-0.05, 0) is 36.6 Å². The Balaban J connectivity index is 1.91. The quantitative estimate of drug-likeness (QED) is 0.600. The summed E-state index contributed by atoms with van der Waals surface area (Å²) >= 11 is 6.47. The Labute approximate surface area is 192 Å². The summed E-state index contributed by atoms with van der Waals surface area (Å²) in [6, 6.07) is 3.67. The second kappa shape index (κ2) is 10.3. The van der Waals surface area contributed by atoms with Gasteiger partial charge in [-0.15, -0.1) is 0 Å². The van der Waals surface area contributed by atoms with E-state index >= 15 is 0 Å². The number of hydrogen-bond acceptors (Lipinski definition) is 5. The van der Waals surface area contributed by atoms with Crippen LogP contribution in [-0.2, 0) is 24.4 Å². The molecule has 0 aliphatic carbocycles. The van der Waals surface area contributed by atoms with E-state index in [0.29, 0.717) is 28.5 Å². The minimum Gasteiger partial charge on any atom is -0.350 e. The number of nitrogens with two attached hydrogens (primary N) is 1. The zero-order valence-electron chi connectivity index (χ0n) is 18.2. The fraction of sp³-hybridized carbons (Fsp3) is 0.250. The predicted octanol–water partition coefficient (Wildman–Crippen LogP) is 3.23. The van der Waals surface area contributed by atoms with Gasteiger partial charge in [0.25, 0.3) is 5.91 Å². The summed E-state index contributed by atoms with van der Waals surface area (Å²) in [4.78, 5) is 35.6. The maximum atomic E-state index is 13.1. The van der Waals surface area contributed by atoms with Crippen molar-refractivity contribution in [3.05, 3.63) is 88.0 Å². The lowest BCUT2D eigenvalue weighted by molar-refractivity contribution is -0.122. The van der Waals surface area contributed by atoms with Crippen molar-refractivity contribution < 1.29 is 9.59 Å². The number of aryl methyl sites for hydroxylation is 1. The number of fused-ring (bicyclic) bond motifs is 1. The van der Waals surface area contributed by atoms with Gasteiger partial charge in [-0.1, -0.05) is 42.5 Å². The lowest BCUT2D eigenvalue weighted by atomic mass is 9.92. The lowest BCUT2D eigenvalue weighted by Gasteiger charge is -2.17. The van der Waals surface area contributed by atoms with Crippen molar-refractivity contribution in [2.24, 2.45) is 5.73 Å². The van der Waals surface area contributed by atoms with Crippen LogP contribution in [0.25, 0.3) is 5.57 Å². The van der Waals surface area contributed by atoms with Crippen LogP contribution in [-0.4, -0.2) is 33.2 Å². The molecule has 0 spiro atoms. The van der Waals surface area contributed by atoms with Gasteiger partial charge in [0.15, 0.2) is 0 Å². The summed E-state index contributed by atoms with van der Waals surface area (Å²) < 4.78 is 0. The van der Waals surface area contributed by atoms with Gasteiger partial charge in [0.2, 0.25) is 5.91 Å². The Bertz CT molecular complexity index is 1110. The van der Waals surface area contributed by atoms with Crippen molar-refractivity contribution in [2.45, 2.75) is 33.5 Å². The van der Waals surface area contributed by atoms with Gasteiger partial charge < -0.3 is 16.0 Å². The molecule has 0 atom stereocenters. The molecule has 2 amide bonds. The summed E-state index contributed by atoms with van der Waals surface area (Å²) in [6.45, 7) is 8.21. The minimum atomic E-state index is -0.293. The molecule has 32 heavy (non-hydrogen) atoms. The van der Waals surface area contributed by atoms with Crippen LogP contribution in [0.1, 0.15) is 45.4 Å². The third-order valence-corrected chi connectivity index (χ3v) is 5.59. The molecule has 3 N–H and O–H groups in total. The Morgan fingerprint density at radius 3 is 2.84 bits per heavy atom. The highest BCUT2D eigenvalue weighted by molar-refractivity contribution is 6.35. The third-order valence-electron chi connectivity index (χ3n) is 5.23. The van der Waals surface area contributed by atoms with Crippen LogP contribution in [0, 0.1) is 6.92 Å². The van der Waals surface area contributed by atoms with E-state index in [0.717, 1.165) is 22.3 Å². The first kappa shape index (κ1) is 23.4. The SMILES string of the molecule is C=C/C(Cl)=C(\C=C/C)c1c(CN)c(C)nc2c1CN(CC(=O)NCc1cccnc1)C2=O. The van der Waals surface area contributed by atoms with Crippen LogP contribution in [0.5, 0.6) is 0 Å². The first-order valence-electron chi connectivity index (χ1n) is 10.2. The van der Waals surface area contributed by atoms with Crippen LogP contribution in [0.2, 0.25) is 0 Å². The molecule has 2 aromatic heterocycles. The molecule has 1 aliphatic rings. The molecule has 1 aliphatic heterocycles. The molecular weight excluding hydrogens is 426 g/mol. The van der Waals surface area contributed by atoms with Crippen LogP contribution < -0.4 is 11.1 Å². The molecule has 0 fully saturated rings. The fourth-order valence-electron chi connectivity index (χ4n) is 3.72. The molecule has 3 rings (SSSR count). The Morgan fingerprint density at radius 1 is 1.44 bits per heavy atom. The van der Waals surface area contributed by atoms with E-state index in [-0.39, 0.29) is 31.4 Å². The number of amides is 2. The number of aromatic nitrogens is 2. The van der Waals surface area contributed by atoms with Crippen LogP contribution in [0.15, 0.2) is 54.4 Å². The van der Waals surface area contributed by atoms with Crippen molar-refractivity contribution in [2.75, 3.05) is 6.54 Å². The molecule has 3 heterocycles. The number of nitrogens with zero attached hydrogens (tertiary/aromatic N) is 3. The highest BCUT2D eigenvalue weighted by Crippen LogP contribution is 2.36. The molecule has 2 aromatic rings. The fourth-order valence-corrected chi connectivity index (χ4v) is 3.88. The second-order valence-electron chi connectivity index (χ2n) is 7.35. The largest absolute Gasteiger partial charge is 0.350 e. The first-order chi connectivity index (χ1) is 15.4. The number of carbonyl (C=O) groups is 2. The molecule has 0 unspecified atom stereocenters. The number of rotatable bonds is 8. The monoisotopic (exact) mass is 451 g/mol. The van der Waals surface area contributed by atoms with E-state index in [9.17, 15) is 9.59 Å². The Morgan fingerprint density at radius 2 is 2.22 bits per heavy atom. The highest BCUT2D eigenvalue weighted by Gasteiger charge is 2.34. The van der Waals surface area contributed by atoms with E-state index in [4.69, 9.17) is 17.3 Å². The topological polar surface area (TPSA) is 101 Å². The van der Waals surface area contributed by atoms with E-state index in [1.807, 2.05) is 32.1 Å². The summed E-state index contributed by atoms with van der Waals surface area (Å²) in [7, 11) is 0. The van der Waals surface area contributed by atoms with Crippen LogP contribution in [0.3, 0.4) is 0 Å². The molecule has 0 bridgehead atoms. The number of halogens is 1. The number of nitrogens with one attached hydrogen (secondary N) is 1. The molecule has 8 heteroatoms. The molecule has 0 saturated carbocycles. The van der Waals surface area contributed by atoms with Gasteiger partial charge in [-0.2, -0.15) is 0 Å². The number of carbonyl (C=O) groups excluding carboxylic acids is 2. The Hall–Kier alpha value is -3.29. The normalized spacial score (nSPS) is 13.9. The molecule has 0 saturated heterocycles. The average molecular weight is 452 g/mol. The Kier molecular flexibility index (Phi) is 7.56. The maximum absolute atomic E-state index is 13.1. The zero-order chi connectivity index (χ0) is 23.3. The van der Waals surface area contributed by atoms with Crippen molar-refractivity contribution in [1.82, 2.24) is 20.2 Å². The van der Waals surface area contributed by atoms with E-state index in [1.54, 1.807) is 24.5 Å². The molecular formula is C24H26ClN5O2. The minimum absolute atomic E-state index is 0.0796. The van der Waals surface area contributed by atoms with Gasteiger partial charge in [0.1, 0.15) is 12.2 Å². The lowest BCUT2D eigenvalue weighted by Crippen LogP contribution is -2.37. The summed E-state index contributed by atoms with van der Waals surface area (Å²) in [5.74, 6) is -0.556. The summed E-state index contributed by atoms with van der Waals surface area (Å²) in [6.07, 6.45) is 8.64. The van der Waals surface area contributed by atoms with Crippen molar-refractivity contribution in [3.63, 3.8) is 0 Å². The van der Waals surface area contributed by atoms with E-state index < -0.39 is 0 Å². The third kappa shape index (κ3) is 4.79. The molecule has 0 radical (unpaired) electrons. The number of pyridine rings is 2. The van der Waals surface area contributed by atoms with Crippen LogP contribution in [0.4, 0.5) is 0 Å². The highest BCUT2D eigenvalue weighted by atomic mass is 35.5. The van der Waals surface area contributed by atoms with Gasteiger partial charge in [0, 0.05) is 53.9 Å². The number of allylic oxidation sites excluding steroid dienone is 5. The van der Waals surface area contributed by atoms with Crippen molar-refractivity contribution in [3.8, 4) is 0 Å².